The molecule has 10 heterocycles. The molecule has 0 fully saturated rings. The van der Waals surface area contributed by atoms with Crippen molar-refractivity contribution in [2.24, 2.45) is 0 Å². The first-order valence-electron chi connectivity index (χ1n) is 38.4. The standard InChI is InChI=1S/C52H33N5O.C51H32N6O/c1-3-10-37(11-4-1)48-43-22-23-47-49(51(43)58-50(48)38-12-5-2-6-13-38)42-16-7-8-17-46(42)57(47)41-15-9-14-40(32-41)45-33-44(55-52(56-45)39-26-30-54-31-27-39)36-20-18-34(19-21-36)35-24-28-53-29-25-35;1-3-10-35(11-4-1)45-42-22-23-44-46(48(42)58-47(45)36-12-5-2-6-13-36)41-16-7-8-17-43(41)57(44)40-15-9-14-39(32-40)51-55-49(54-50(56-51)38-26-30-53-31-27-38)37-20-18-33(19-21-37)34-24-28-52-29-25-34/h1-33H;1-32H. The van der Waals surface area contributed by atoms with Gasteiger partial charge in [-0.1, -0.05) is 231 Å². The number of aromatic nitrogens is 11. The average molecular weight is 1490 g/mol. The van der Waals surface area contributed by atoms with Gasteiger partial charge in [-0.15, -0.1) is 0 Å². The van der Waals surface area contributed by atoms with Gasteiger partial charge in [0.2, 0.25) is 0 Å². The second-order valence-corrected chi connectivity index (χ2v) is 28.4. The number of nitrogens with zero attached hydrogens (tertiary/aromatic N) is 11. The lowest BCUT2D eigenvalue weighted by molar-refractivity contribution is 0.635. The molecule has 22 rings (SSSR count). The van der Waals surface area contributed by atoms with Gasteiger partial charge in [0.15, 0.2) is 23.3 Å². The Balaban J connectivity index is 0.000000145. The number of pyridine rings is 4. The summed E-state index contributed by atoms with van der Waals surface area (Å²) in [5.41, 5.74) is 26.1. The van der Waals surface area contributed by atoms with E-state index >= 15 is 0 Å². The molecular weight excluding hydrogens is 1420 g/mol. The Morgan fingerprint density at radius 3 is 0.957 bits per heavy atom. The monoisotopic (exact) mass is 1490 g/mol. The first kappa shape index (κ1) is 68.1. The third-order valence-corrected chi connectivity index (χ3v) is 21.5. The fourth-order valence-corrected chi connectivity index (χ4v) is 16.1. The maximum Gasteiger partial charge on any atom is 0.164 e. The highest BCUT2D eigenvalue weighted by Gasteiger charge is 2.27. The number of benzene rings is 12. The summed E-state index contributed by atoms with van der Waals surface area (Å²) in [6, 6.07) is 120. The van der Waals surface area contributed by atoms with Crippen molar-refractivity contribution >= 4 is 65.6 Å². The van der Waals surface area contributed by atoms with E-state index in [2.05, 4.69) is 308 Å². The molecule has 0 unspecified atom stereocenters. The van der Waals surface area contributed by atoms with Gasteiger partial charge in [0.25, 0.3) is 0 Å². The quantitative estimate of drug-likeness (QED) is 0.102. The van der Waals surface area contributed by atoms with E-state index in [4.69, 9.17) is 33.8 Å². The molecule has 0 aliphatic rings. The van der Waals surface area contributed by atoms with E-state index in [0.717, 1.165) is 189 Å². The third-order valence-electron chi connectivity index (χ3n) is 21.5. The van der Waals surface area contributed by atoms with Gasteiger partial charge in [-0.25, -0.2) is 24.9 Å². The molecule has 0 amide bonds. The van der Waals surface area contributed by atoms with Crippen LogP contribution < -0.4 is 0 Å². The smallest absolute Gasteiger partial charge is 0.164 e. The fourth-order valence-electron chi connectivity index (χ4n) is 16.1. The molecule has 13 heteroatoms. The van der Waals surface area contributed by atoms with Crippen molar-refractivity contribution < 1.29 is 8.83 Å². The van der Waals surface area contributed by atoms with Crippen molar-refractivity contribution in [3.05, 3.63) is 395 Å². The Kier molecular flexibility index (Phi) is 17.2. The van der Waals surface area contributed by atoms with Crippen LogP contribution in [0.25, 0.3) is 212 Å². The van der Waals surface area contributed by atoms with Crippen LogP contribution in [0, 0.1) is 0 Å². The van der Waals surface area contributed by atoms with E-state index in [1.54, 1.807) is 37.2 Å². The highest BCUT2D eigenvalue weighted by atomic mass is 16.3. The number of hydrogen-bond acceptors (Lipinski definition) is 11. The summed E-state index contributed by atoms with van der Waals surface area (Å²) in [4.78, 5) is 42.1. The predicted octanol–water partition coefficient (Wildman–Crippen LogP) is 25.6. The number of furan rings is 2. The fraction of sp³-hybridized carbons (Fsp3) is 0. The van der Waals surface area contributed by atoms with Crippen LogP contribution in [0.2, 0.25) is 0 Å². The van der Waals surface area contributed by atoms with E-state index < -0.39 is 0 Å². The molecule has 0 saturated carbocycles. The van der Waals surface area contributed by atoms with E-state index in [1.807, 2.05) is 79.1 Å². The molecule has 12 aromatic carbocycles. The zero-order valence-corrected chi connectivity index (χ0v) is 62.3. The summed E-state index contributed by atoms with van der Waals surface area (Å²) in [6.45, 7) is 0. The lowest BCUT2D eigenvalue weighted by atomic mass is 9.98. The number of para-hydroxylation sites is 2. The molecule has 13 nitrogen and oxygen atoms in total. The summed E-state index contributed by atoms with van der Waals surface area (Å²) in [7, 11) is 0. The normalized spacial score (nSPS) is 11.4. The highest BCUT2D eigenvalue weighted by Crippen LogP contribution is 2.49. The molecule has 22 aromatic rings. The first-order chi connectivity index (χ1) is 57.5. The zero-order chi connectivity index (χ0) is 76.8. The molecule has 0 radical (unpaired) electrons. The van der Waals surface area contributed by atoms with Crippen LogP contribution in [0.5, 0.6) is 0 Å². The number of rotatable bonds is 14. The van der Waals surface area contributed by atoms with Gasteiger partial charge in [0.05, 0.1) is 44.2 Å². The van der Waals surface area contributed by atoms with E-state index in [-0.39, 0.29) is 0 Å². The van der Waals surface area contributed by atoms with Crippen LogP contribution in [-0.4, -0.2) is 54.0 Å². The van der Waals surface area contributed by atoms with Crippen LogP contribution in [-0.2, 0) is 0 Å². The molecule has 0 aliphatic carbocycles. The van der Waals surface area contributed by atoms with Crippen molar-refractivity contribution in [1.82, 2.24) is 54.0 Å². The lowest BCUT2D eigenvalue weighted by Gasteiger charge is -2.12. The summed E-state index contributed by atoms with van der Waals surface area (Å²) in [5.74, 6) is 4.10. The van der Waals surface area contributed by atoms with Crippen molar-refractivity contribution in [2.45, 2.75) is 0 Å². The number of fused-ring (bicyclic) bond motifs is 10. The predicted molar refractivity (Wildman–Crippen MR) is 466 cm³/mol. The molecule has 0 spiro atoms. The Morgan fingerprint density at radius 2 is 0.517 bits per heavy atom. The van der Waals surface area contributed by atoms with Gasteiger partial charge in [0.1, 0.15) is 22.7 Å². The minimum atomic E-state index is 0.575. The minimum Gasteiger partial charge on any atom is -0.455 e. The van der Waals surface area contributed by atoms with Crippen molar-refractivity contribution in [2.75, 3.05) is 0 Å². The molecule has 0 aliphatic heterocycles. The molecular formula is C103H65N11O2. The third kappa shape index (κ3) is 12.5. The van der Waals surface area contributed by atoms with Crippen LogP contribution >= 0.6 is 0 Å². The maximum atomic E-state index is 7.01. The molecule has 0 saturated heterocycles. The molecule has 10 aromatic heterocycles. The van der Waals surface area contributed by atoms with Gasteiger partial charge < -0.3 is 18.0 Å². The largest absolute Gasteiger partial charge is 0.455 e. The van der Waals surface area contributed by atoms with Crippen LogP contribution in [0.3, 0.4) is 0 Å². The Hall–Kier alpha value is -16.0. The van der Waals surface area contributed by atoms with E-state index in [9.17, 15) is 0 Å². The van der Waals surface area contributed by atoms with Gasteiger partial charge in [-0.05, 0) is 149 Å². The second-order valence-electron chi connectivity index (χ2n) is 28.4. The summed E-state index contributed by atoms with van der Waals surface area (Å²) in [6.07, 6.45) is 14.3. The van der Waals surface area contributed by atoms with Crippen molar-refractivity contribution in [3.8, 4) is 147 Å². The van der Waals surface area contributed by atoms with Gasteiger partial charge >= 0.3 is 0 Å². The minimum absolute atomic E-state index is 0.575. The topological polar surface area (TPSA) is 152 Å². The number of hydrogen-bond donors (Lipinski definition) is 0. The average Bonchev–Trinajstić information content (AvgIpc) is 1.56. The zero-order valence-electron chi connectivity index (χ0n) is 62.3. The van der Waals surface area contributed by atoms with Gasteiger partial charge in [0, 0.05) is 138 Å². The summed E-state index contributed by atoms with van der Waals surface area (Å²) in [5, 5.41) is 6.54. The molecule has 0 atom stereocenters. The van der Waals surface area contributed by atoms with Crippen molar-refractivity contribution in [3.63, 3.8) is 0 Å². The van der Waals surface area contributed by atoms with Crippen molar-refractivity contribution in [1.29, 1.82) is 0 Å². The Bertz CT molecular complexity index is 6950. The van der Waals surface area contributed by atoms with Gasteiger partial charge in [-0.3, -0.25) is 19.9 Å². The summed E-state index contributed by atoms with van der Waals surface area (Å²) >= 11 is 0. The first-order valence-corrected chi connectivity index (χ1v) is 38.4. The molecule has 544 valence electrons. The highest BCUT2D eigenvalue weighted by molar-refractivity contribution is 6.24. The summed E-state index contributed by atoms with van der Waals surface area (Å²) < 4.78 is 18.7. The van der Waals surface area contributed by atoms with Gasteiger partial charge in [-0.2, -0.15) is 0 Å². The second kappa shape index (κ2) is 29.4. The SMILES string of the molecule is c1ccc(-c2oc3c(ccc4c3c3ccccc3n4-c3cccc(-c4cc(-c5ccc(-c6ccncc6)cc5)nc(-c5ccncc5)n4)c3)c2-c2ccccc2)cc1.c1ccc(-c2oc3c(ccc4c3c3ccccc3n4-c3cccc(-c4nc(-c5ccncc5)nc(-c5ccc(-c6ccncc6)cc5)n4)c3)c2-c2ccccc2)cc1. The molecule has 0 N–H and O–H groups in total. The van der Waals surface area contributed by atoms with Crippen LogP contribution in [0.15, 0.2) is 404 Å². The maximum absolute atomic E-state index is 7.01. The van der Waals surface area contributed by atoms with E-state index in [1.165, 1.54) is 0 Å². The van der Waals surface area contributed by atoms with E-state index in [0.29, 0.717) is 23.3 Å². The lowest BCUT2D eigenvalue weighted by Crippen LogP contribution is -2.01. The Morgan fingerprint density at radius 1 is 0.198 bits per heavy atom. The van der Waals surface area contributed by atoms with Crippen LogP contribution in [0.1, 0.15) is 0 Å². The van der Waals surface area contributed by atoms with Crippen LogP contribution in [0.4, 0.5) is 0 Å². The molecule has 116 heavy (non-hydrogen) atoms. The Labute approximate surface area is 666 Å². The molecule has 0 bridgehead atoms.